The summed E-state index contributed by atoms with van der Waals surface area (Å²) in [6, 6.07) is 16.1. The van der Waals surface area contributed by atoms with Crippen molar-refractivity contribution >= 4 is 33.0 Å². The van der Waals surface area contributed by atoms with Gasteiger partial charge in [0.05, 0.1) is 25.2 Å². The normalized spacial score (nSPS) is 11.7. The number of fused-ring (bicyclic) bond motifs is 1. The molecular weight excluding hydrogens is 622 g/mol. The highest BCUT2D eigenvalue weighted by Gasteiger charge is 2.32. The smallest absolute Gasteiger partial charge is 0.356 e. The first kappa shape index (κ1) is 33.8. The Morgan fingerprint density at radius 3 is 2.47 bits per heavy atom. The zero-order valence-corrected chi connectivity index (χ0v) is 28.3. The number of methoxy groups -OCH3 is 2. The van der Waals surface area contributed by atoms with Gasteiger partial charge in [-0.05, 0) is 62.1 Å². The molecule has 13 heteroatoms. The van der Waals surface area contributed by atoms with Crippen LogP contribution in [0.3, 0.4) is 0 Å². The highest BCUT2D eigenvalue weighted by Crippen LogP contribution is 2.35. The van der Waals surface area contributed by atoms with Crippen molar-refractivity contribution in [2.75, 3.05) is 31.9 Å². The summed E-state index contributed by atoms with van der Waals surface area (Å²) in [7, 11) is -1.40. The van der Waals surface area contributed by atoms with E-state index in [2.05, 4.69) is 17.1 Å². The molecule has 0 fully saturated rings. The molecule has 248 valence electrons. The van der Waals surface area contributed by atoms with E-state index in [9.17, 15) is 13.2 Å². The van der Waals surface area contributed by atoms with E-state index in [1.807, 2.05) is 29.7 Å². The van der Waals surface area contributed by atoms with E-state index in [0.717, 1.165) is 34.1 Å². The van der Waals surface area contributed by atoms with Crippen molar-refractivity contribution in [3.63, 3.8) is 0 Å². The van der Waals surface area contributed by atoms with Crippen LogP contribution in [0.1, 0.15) is 59.0 Å². The average Bonchev–Trinajstić information content (AvgIpc) is 3.59. The highest BCUT2D eigenvalue weighted by molar-refractivity contribution is 7.93. The fraction of sp³-hybridized carbons (Fsp3) is 0.353. The Balaban J connectivity index is 1.60. The molecule has 2 aromatic carbocycles. The molecule has 3 aromatic heterocycles. The Morgan fingerprint density at radius 2 is 1.79 bits per heavy atom. The van der Waals surface area contributed by atoms with Crippen LogP contribution in [0, 0.1) is 13.8 Å². The van der Waals surface area contributed by atoms with E-state index in [-0.39, 0.29) is 29.7 Å². The fourth-order valence-electron chi connectivity index (χ4n) is 5.40. The molecule has 0 saturated carbocycles. The lowest BCUT2D eigenvalue weighted by Gasteiger charge is -2.23. The number of carbonyl (C=O) groups excluding carboxylic acids is 1. The Labute approximate surface area is 274 Å². The minimum atomic E-state index is -4.16. The number of pyridine rings is 1. The molecule has 5 rings (SSSR count). The molecule has 0 unspecified atom stereocenters. The van der Waals surface area contributed by atoms with Crippen LogP contribution in [0.4, 0.5) is 5.82 Å². The standard InChI is InChI=1S/C34H39N5O7S/c1-7-11-31-35-28-16-17-29(34(40)44-6)36-33(28)38(31)19-24-14-15-26(25(18-24)20-45-8-2)27-12-9-10-13-30(27)47(41,42)39(21-43-5)32-22(3)23(4)46-37-32/h9-10,12-18H,7-8,11,19-21H2,1-6H3. The summed E-state index contributed by atoms with van der Waals surface area (Å²) in [5.74, 6) is 1.01. The van der Waals surface area contributed by atoms with Gasteiger partial charge in [-0.1, -0.05) is 48.5 Å². The van der Waals surface area contributed by atoms with E-state index in [0.29, 0.717) is 46.8 Å². The van der Waals surface area contributed by atoms with Crippen molar-refractivity contribution < 1.29 is 31.9 Å². The number of hydrogen-bond donors (Lipinski definition) is 0. The maximum absolute atomic E-state index is 14.3. The predicted molar refractivity (Wildman–Crippen MR) is 177 cm³/mol. The molecular formula is C34H39N5O7S. The molecule has 5 aromatic rings. The number of hydrogen-bond acceptors (Lipinski definition) is 10. The lowest BCUT2D eigenvalue weighted by atomic mass is 9.97. The molecule has 0 amide bonds. The molecule has 0 spiro atoms. The van der Waals surface area contributed by atoms with Crippen molar-refractivity contribution in [3.8, 4) is 11.1 Å². The summed E-state index contributed by atoms with van der Waals surface area (Å²) < 4.78 is 53.1. The molecule has 3 heterocycles. The summed E-state index contributed by atoms with van der Waals surface area (Å²) in [6.07, 6.45) is 1.60. The largest absolute Gasteiger partial charge is 0.464 e. The highest BCUT2D eigenvalue weighted by atomic mass is 32.2. The van der Waals surface area contributed by atoms with Gasteiger partial charge in [-0.25, -0.2) is 27.5 Å². The number of anilines is 1. The number of benzene rings is 2. The number of imidazole rings is 1. The second kappa shape index (κ2) is 14.4. The maximum atomic E-state index is 14.3. The second-order valence-electron chi connectivity index (χ2n) is 11.0. The van der Waals surface area contributed by atoms with Crippen LogP contribution in [-0.2, 0) is 43.8 Å². The van der Waals surface area contributed by atoms with E-state index in [1.165, 1.54) is 14.2 Å². The van der Waals surface area contributed by atoms with Crippen LogP contribution in [0.2, 0.25) is 0 Å². The number of aryl methyl sites for hydroxylation is 2. The third-order valence-corrected chi connectivity index (χ3v) is 9.64. The third-order valence-electron chi connectivity index (χ3n) is 7.87. The van der Waals surface area contributed by atoms with Gasteiger partial charge in [0.15, 0.2) is 17.2 Å². The summed E-state index contributed by atoms with van der Waals surface area (Å²) in [6.45, 7) is 8.38. The first-order valence-electron chi connectivity index (χ1n) is 15.3. The SMILES string of the molecule is CCCc1nc2ccc(C(=O)OC)nc2n1Cc1ccc(-c2ccccc2S(=O)(=O)N(COC)c2noc(C)c2C)c(COCC)c1. The molecule has 0 N–H and O–H groups in total. The third kappa shape index (κ3) is 6.78. The number of sulfonamides is 1. The van der Waals surface area contributed by atoms with Crippen LogP contribution in [0.25, 0.3) is 22.3 Å². The van der Waals surface area contributed by atoms with Crippen LogP contribution in [-0.4, -0.2) is 61.6 Å². The Hall–Kier alpha value is -4.59. The molecule has 0 aliphatic heterocycles. The van der Waals surface area contributed by atoms with Gasteiger partial charge in [-0.3, -0.25) is 0 Å². The number of rotatable bonds is 14. The minimum Gasteiger partial charge on any atom is -0.464 e. The Bertz CT molecular complexity index is 2000. The zero-order chi connectivity index (χ0) is 33.7. The molecule has 0 radical (unpaired) electrons. The van der Waals surface area contributed by atoms with Gasteiger partial charge in [0, 0.05) is 31.3 Å². The van der Waals surface area contributed by atoms with E-state index >= 15 is 0 Å². The Kier molecular flexibility index (Phi) is 10.4. The molecule has 0 bridgehead atoms. The molecule has 0 aliphatic carbocycles. The topological polar surface area (TPSA) is 139 Å². The number of nitrogens with zero attached hydrogens (tertiary/aromatic N) is 5. The quantitative estimate of drug-likeness (QED) is 0.106. The first-order valence-corrected chi connectivity index (χ1v) is 16.8. The lowest BCUT2D eigenvalue weighted by molar-refractivity contribution is 0.0594. The van der Waals surface area contributed by atoms with Crippen LogP contribution < -0.4 is 4.31 Å². The minimum absolute atomic E-state index is 0.0907. The summed E-state index contributed by atoms with van der Waals surface area (Å²) in [5, 5.41) is 4.03. The molecule has 12 nitrogen and oxygen atoms in total. The van der Waals surface area contributed by atoms with Crippen molar-refractivity contribution in [2.24, 2.45) is 0 Å². The number of carbonyl (C=O) groups is 1. The van der Waals surface area contributed by atoms with E-state index in [4.69, 9.17) is 23.7 Å². The monoisotopic (exact) mass is 661 g/mol. The molecule has 0 atom stereocenters. The van der Waals surface area contributed by atoms with Crippen LogP contribution in [0.5, 0.6) is 0 Å². The van der Waals surface area contributed by atoms with Crippen molar-refractivity contribution in [2.45, 2.75) is 58.6 Å². The van der Waals surface area contributed by atoms with Crippen LogP contribution >= 0.6 is 0 Å². The van der Waals surface area contributed by atoms with Gasteiger partial charge in [0.1, 0.15) is 23.8 Å². The summed E-state index contributed by atoms with van der Waals surface area (Å²) in [5.41, 5.74) is 5.03. The molecule has 0 saturated heterocycles. The van der Waals surface area contributed by atoms with E-state index < -0.39 is 16.0 Å². The van der Waals surface area contributed by atoms with Gasteiger partial charge in [0.2, 0.25) is 0 Å². The average molecular weight is 662 g/mol. The molecule has 47 heavy (non-hydrogen) atoms. The van der Waals surface area contributed by atoms with Crippen LogP contribution in [0.15, 0.2) is 64.0 Å². The Morgan fingerprint density at radius 1 is 1.00 bits per heavy atom. The van der Waals surface area contributed by atoms with Gasteiger partial charge >= 0.3 is 5.97 Å². The van der Waals surface area contributed by atoms with Gasteiger partial charge in [-0.15, -0.1) is 0 Å². The van der Waals surface area contributed by atoms with Crippen molar-refractivity contribution in [3.05, 3.63) is 88.6 Å². The maximum Gasteiger partial charge on any atom is 0.356 e. The van der Waals surface area contributed by atoms with Gasteiger partial charge < -0.3 is 23.3 Å². The predicted octanol–water partition coefficient (Wildman–Crippen LogP) is 5.83. The number of esters is 1. The number of aromatic nitrogens is 4. The summed E-state index contributed by atoms with van der Waals surface area (Å²) >= 11 is 0. The molecule has 0 aliphatic rings. The van der Waals surface area contributed by atoms with E-state index in [1.54, 1.807) is 50.2 Å². The second-order valence-corrected chi connectivity index (χ2v) is 12.8. The van der Waals surface area contributed by atoms with Gasteiger partial charge in [0.25, 0.3) is 10.0 Å². The van der Waals surface area contributed by atoms with Crippen molar-refractivity contribution in [1.82, 2.24) is 19.7 Å². The lowest BCUT2D eigenvalue weighted by Crippen LogP contribution is -2.34. The number of ether oxygens (including phenoxy) is 3. The van der Waals surface area contributed by atoms with Crippen molar-refractivity contribution in [1.29, 1.82) is 0 Å². The zero-order valence-electron chi connectivity index (χ0n) is 27.4. The first-order chi connectivity index (χ1) is 22.6. The summed E-state index contributed by atoms with van der Waals surface area (Å²) in [4.78, 5) is 21.7. The fourth-order valence-corrected chi connectivity index (χ4v) is 6.99. The van der Waals surface area contributed by atoms with Gasteiger partial charge in [-0.2, -0.15) is 0 Å².